The van der Waals surface area contributed by atoms with Gasteiger partial charge in [0, 0.05) is 24.6 Å². The summed E-state index contributed by atoms with van der Waals surface area (Å²) in [4.78, 5) is 2.46. The van der Waals surface area contributed by atoms with Crippen LogP contribution in [0.15, 0.2) is 30.3 Å². The van der Waals surface area contributed by atoms with Gasteiger partial charge in [-0.05, 0) is 12.8 Å². The van der Waals surface area contributed by atoms with E-state index in [9.17, 15) is 0 Å². The molecule has 4 nitrogen and oxygen atoms in total. The summed E-state index contributed by atoms with van der Waals surface area (Å²) in [7, 11) is 0. The quantitative estimate of drug-likeness (QED) is 0.851. The molecule has 0 atom stereocenters. The zero-order chi connectivity index (χ0) is 16.2. The van der Waals surface area contributed by atoms with Crippen LogP contribution < -0.4 is 0 Å². The summed E-state index contributed by atoms with van der Waals surface area (Å²) in [6.07, 6.45) is 6.34. The van der Waals surface area contributed by atoms with Gasteiger partial charge in [0.2, 0.25) is 0 Å². The van der Waals surface area contributed by atoms with E-state index in [1.54, 1.807) is 0 Å². The van der Waals surface area contributed by atoms with E-state index in [-0.39, 0.29) is 0 Å². The van der Waals surface area contributed by atoms with Gasteiger partial charge < -0.3 is 14.2 Å². The Bertz CT molecular complexity index is 501. The van der Waals surface area contributed by atoms with Gasteiger partial charge in [0.15, 0.2) is 5.79 Å². The zero-order valence-electron chi connectivity index (χ0n) is 14.5. The molecule has 4 heteroatoms. The van der Waals surface area contributed by atoms with Crippen molar-refractivity contribution in [2.45, 2.75) is 43.9 Å². The van der Waals surface area contributed by atoms with E-state index >= 15 is 0 Å². The molecular weight excluding hydrogens is 302 g/mol. The van der Waals surface area contributed by atoms with E-state index in [1.165, 1.54) is 37.7 Å². The van der Waals surface area contributed by atoms with Gasteiger partial charge in [-0.3, -0.25) is 4.90 Å². The molecule has 132 valence electrons. The van der Waals surface area contributed by atoms with Crippen LogP contribution in [0.1, 0.15) is 37.7 Å². The lowest BCUT2D eigenvalue weighted by Crippen LogP contribution is -2.56. The summed E-state index contributed by atoms with van der Waals surface area (Å²) in [6.45, 7) is 5.13. The minimum absolute atomic E-state index is 0.356. The number of morpholine rings is 1. The van der Waals surface area contributed by atoms with E-state index in [4.69, 9.17) is 14.2 Å². The van der Waals surface area contributed by atoms with Gasteiger partial charge in [0.25, 0.3) is 0 Å². The van der Waals surface area contributed by atoms with E-state index in [0.29, 0.717) is 12.0 Å². The first-order valence-electron chi connectivity index (χ1n) is 9.54. The molecule has 2 saturated heterocycles. The maximum Gasteiger partial charge on any atom is 0.197 e. The number of benzene rings is 1. The van der Waals surface area contributed by atoms with Crippen LogP contribution in [0.5, 0.6) is 0 Å². The molecule has 4 rings (SSSR count). The highest BCUT2D eigenvalue weighted by Gasteiger charge is 2.47. The van der Waals surface area contributed by atoms with Crippen LogP contribution in [-0.2, 0) is 20.0 Å². The maximum absolute atomic E-state index is 6.55. The molecule has 1 aliphatic carbocycles. The SMILES string of the molecule is c1ccc(C2(C3CCCCC3)OCC(N3CCOCC3)CO2)cc1. The molecule has 0 aromatic heterocycles. The van der Waals surface area contributed by atoms with Crippen LogP contribution in [0.3, 0.4) is 0 Å². The van der Waals surface area contributed by atoms with Crippen molar-refractivity contribution in [2.24, 2.45) is 5.92 Å². The third-order valence-electron chi connectivity index (χ3n) is 5.86. The first kappa shape index (κ1) is 16.5. The van der Waals surface area contributed by atoms with Crippen LogP contribution in [0.25, 0.3) is 0 Å². The van der Waals surface area contributed by atoms with Crippen LogP contribution in [0.4, 0.5) is 0 Å². The molecule has 3 aliphatic rings. The van der Waals surface area contributed by atoms with Gasteiger partial charge in [-0.25, -0.2) is 0 Å². The molecule has 1 aromatic carbocycles. The topological polar surface area (TPSA) is 30.9 Å². The lowest BCUT2D eigenvalue weighted by atomic mass is 9.79. The van der Waals surface area contributed by atoms with Crippen LogP contribution in [-0.4, -0.2) is 50.5 Å². The Kier molecular flexibility index (Phi) is 5.18. The molecule has 0 amide bonds. The van der Waals surface area contributed by atoms with E-state index in [1.807, 2.05) is 0 Å². The third kappa shape index (κ3) is 3.25. The zero-order valence-corrected chi connectivity index (χ0v) is 14.5. The number of hydrogen-bond acceptors (Lipinski definition) is 4. The smallest absolute Gasteiger partial charge is 0.197 e. The second-order valence-electron chi connectivity index (χ2n) is 7.29. The molecule has 2 heterocycles. The van der Waals surface area contributed by atoms with Crippen LogP contribution in [0.2, 0.25) is 0 Å². The molecule has 0 bridgehead atoms. The maximum atomic E-state index is 6.55. The lowest BCUT2D eigenvalue weighted by Gasteiger charge is -2.48. The highest BCUT2D eigenvalue weighted by molar-refractivity contribution is 5.22. The lowest BCUT2D eigenvalue weighted by molar-refractivity contribution is -0.323. The summed E-state index contributed by atoms with van der Waals surface area (Å²) in [5.41, 5.74) is 1.19. The minimum Gasteiger partial charge on any atom is -0.379 e. The van der Waals surface area contributed by atoms with Gasteiger partial charge in [0.05, 0.1) is 32.5 Å². The van der Waals surface area contributed by atoms with Crippen molar-refractivity contribution in [1.29, 1.82) is 0 Å². The predicted molar refractivity (Wildman–Crippen MR) is 92.8 cm³/mol. The molecular formula is C20H29NO3. The standard InChI is InChI=1S/C20H29NO3/c1-3-7-17(8-4-1)20(18-9-5-2-6-10-18)23-15-19(16-24-20)21-11-13-22-14-12-21/h1,3-4,7-8,18-19H,2,5-6,9-16H2. The molecule has 0 unspecified atom stereocenters. The highest BCUT2D eigenvalue weighted by Crippen LogP contribution is 2.45. The predicted octanol–water partition coefficient (Wildman–Crippen LogP) is 3.17. The number of hydrogen-bond donors (Lipinski definition) is 0. The van der Waals surface area contributed by atoms with Crippen LogP contribution >= 0.6 is 0 Å². The van der Waals surface area contributed by atoms with E-state index in [0.717, 1.165) is 39.5 Å². The number of nitrogens with zero attached hydrogens (tertiary/aromatic N) is 1. The van der Waals surface area contributed by atoms with Gasteiger partial charge >= 0.3 is 0 Å². The van der Waals surface area contributed by atoms with E-state index in [2.05, 4.69) is 35.2 Å². The molecule has 0 N–H and O–H groups in total. The van der Waals surface area contributed by atoms with Crippen molar-refractivity contribution in [3.8, 4) is 0 Å². The Morgan fingerprint density at radius 1 is 0.875 bits per heavy atom. The number of ether oxygens (including phenoxy) is 3. The molecule has 3 fully saturated rings. The summed E-state index contributed by atoms with van der Waals surface area (Å²) in [5.74, 6) is -0.0657. The second kappa shape index (κ2) is 7.52. The van der Waals surface area contributed by atoms with Crippen molar-refractivity contribution in [3.63, 3.8) is 0 Å². The minimum atomic E-state index is -0.537. The van der Waals surface area contributed by atoms with E-state index < -0.39 is 5.79 Å². The summed E-state index contributed by atoms with van der Waals surface area (Å²) < 4.78 is 18.6. The molecule has 2 aliphatic heterocycles. The Labute approximate surface area is 145 Å². The van der Waals surface area contributed by atoms with Gasteiger partial charge in [0.1, 0.15) is 0 Å². The Balaban J connectivity index is 1.52. The summed E-state index contributed by atoms with van der Waals surface area (Å²) >= 11 is 0. The number of rotatable bonds is 3. The van der Waals surface area contributed by atoms with Gasteiger partial charge in [-0.1, -0.05) is 49.6 Å². The average Bonchev–Trinajstić information content (AvgIpc) is 2.70. The monoisotopic (exact) mass is 331 g/mol. The molecule has 0 radical (unpaired) electrons. The Morgan fingerprint density at radius 2 is 1.54 bits per heavy atom. The fourth-order valence-electron chi connectivity index (χ4n) is 4.47. The van der Waals surface area contributed by atoms with Crippen molar-refractivity contribution in [1.82, 2.24) is 4.90 Å². The summed E-state index contributed by atoms with van der Waals surface area (Å²) in [5, 5.41) is 0. The Hall–Kier alpha value is -0.940. The van der Waals surface area contributed by atoms with Gasteiger partial charge in [-0.2, -0.15) is 0 Å². The molecule has 1 saturated carbocycles. The largest absolute Gasteiger partial charge is 0.379 e. The highest BCUT2D eigenvalue weighted by atomic mass is 16.7. The van der Waals surface area contributed by atoms with Crippen LogP contribution in [0, 0.1) is 5.92 Å². The summed E-state index contributed by atoms with van der Waals surface area (Å²) in [6, 6.07) is 11.0. The van der Waals surface area contributed by atoms with Crippen molar-refractivity contribution < 1.29 is 14.2 Å². The first-order valence-corrected chi connectivity index (χ1v) is 9.54. The van der Waals surface area contributed by atoms with Crippen molar-refractivity contribution in [3.05, 3.63) is 35.9 Å². The third-order valence-corrected chi connectivity index (χ3v) is 5.86. The second-order valence-corrected chi connectivity index (χ2v) is 7.29. The normalized spacial score (nSPS) is 33.4. The molecule has 24 heavy (non-hydrogen) atoms. The molecule has 1 aromatic rings. The van der Waals surface area contributed by atoms with Gasteiger partial charge in [-0.15, -0.1) is 0 Å². The average molecular weight is 331 g/mol. The van der Waals surface area contributed by atoms with Crippen molar-refractivity contribution >= 4 is 0 Å². The molecule has 0 spiro atoms. The first-order chi connectivity index (χ1) is 11.9. The fourth-order valence-corrected chi connectivity index (χ4v) is 4.47. The Morgan fingerprint density at radius 3 is 2.21 bits per heavy atom. The van der Waals surface area contributed by atoms with Crippen molar-refractivity contribution in [2.75, 3.05) is 39.5 Å². The fraction of sp³-hybridized carbons (Fsp3) is 0.700.